The second-order valence-electron chi connectivity index (χ2n) is 5.45. The molecule has 2 nitrogen and oxygen atoms in total. The SMILES string of the molecule is Cc1cc(C)cc(NCC(C)Oc2ccccc2C)c1. The zero-order valence-corrected chi connectivity index (χ0v) is 12.7. The van der Waals surface area contributed by atoms with Crippen molar-refractivity contribution in [2.24, 2.45) is 0 Å². The standard InChI is InChI=1S/C18H23NO/c1-13-9-14(2)11-17(10-13)19-12-16(4)20-18-8-6-5-7-15(18)3/h5-11,16,19H,12H2,1-4H3. The van der Waals surface area contributed by atoms with Gasteiger partial charge >= 0.3 is 0 Å². The lowest BCUT2D eigenvalue weighted by atomic mass is 10.1. The first-order valence-corrected chi connectivity index (χ1v) is 7.09. The molecule has 0 saturated heterocycles. The predicted octanol–water partition coefficient (Wildman–Crippen LogP) is 4.49. The monoisotopic (exact) mass is 269 g/mol. The molecule has 0 radical (unpaired) electrons. The summed E-state index contributed by atoms with van der Waals surface area (Å²) in [6.07, 6.45) is 0.122. The average molecular weight is 269 g/mol. The molecule has 106 valence electrons. The van der Waals surface area contributed by atoms with Gasteiger partial charge in [0.2, 0.25) is 0 Å². The first-order chi connectivity index (χ1) is 9.54. The van der Waals surface area contributed by atoms with E-state index in [-0.39, 0.29) is 6.10 Å². The fraction of sp³-hybridized carbons (Fsp3) is 0.333. The van der Waals surface area contributed by atoms with E-state index < -0.39 is 0 Å². The summed E-state index contributed by atoms with van der Waals surface area (Å²) in [5.41, 5.74) is 4.88. The van der Waals surface area contributed by atoms with Crippen LogP contribution in [0.15, 0.2) is 42.5 Å². The molecule has 2 aromatic carbocycles. The summed E-state index contributed by atoms with van der Waals surface area (Å²) in [5, 5.41) is 3.44. The van der Waals surface area contributed by atoms with E-state index in [1.807, 2.05) is 18.2 Å². The van der Waals surface area contributed by atoms with Crippen molar-refractivity contribution in [1.29, 1.82) is 0 Å². The minimum Gasteiger partial charge on any atom is -0.489 e. The number of hydrogen-bond acceptors (Lipinski definition) is 2. The van der Waals surface area contributed by atoms with Crippen LogP contribution in [-0.4, -0.2) is 12.6 Å². The molecule has 2 heteroatoms. The summed E-state index contributed by atoms with van der Waals surface area (Å²) in [7, 11) is 0. The summed E-state index contributed by atoms with van der Waals surface area (Å²) in [6.45, 7) is 9.18. The van der Waals surface area contributed by atoms with E-state index in [4.69, 9.17) is 4.74 Å². The first-order valence-electron chi connectivity index (χ1n) is 7.09. The number of benzene rings is 2. The Morgan fingerprint density at radius 3 is 2.30 bits per heavy atom. The second-order valence-corrected chi connectivity index (χ2v) is 5.45. The number of aryl methyl sites for hydroxylation is 3. The quantitative estimate of drug-likeness (QED) is 0.863. The average Bonchev–Trinajstić information content (AvgIpc) is 2.38. The van der Waals surface area contributed by atoms with E-state index in [9.17, 15) is 0 Å². The molecule has 0 heterocycles. The van der Waals surface area contributed by atoms with Crippen LogP contribution in [0, 0.1) is 20.8 Å². The van der Waals surface area contributed by atoms with Crippen molar-refractivity contribution in [3.63, 3.8) is 0 Å². The van der Waals surface area contributed by atoms with Crippen molar-refractivity contribution in [3.05, 3.63) is 59.2 Å². The lowest BCUT2D eigenvalue weighted by Crippen LogP contribution is -2.23. The lowest BCUT2D eigenvalue weighted by molar-refractivity contribution is 0.233. The van der Waals surface area contributed by atoms with Gasteiger partial charge in [-0.3, -0.25) is 0 Å². The van der Waals surface area contributed by atoms with Gasteiger partial charge in [0.1, 0.15) is 11.9 Å². The van der Waals surface area contributed by atoms with Crippen LogP contribution in [0.3, 0.4) is 0 Å². The summed E-state index contributed by atoms with van der Waals surface area (Å²) in [4.78, 5) is 0. The van der Waals surface area contributed by atoms with Crippen LogP contribution in [0.1, 0.15) is 23.6 Å². The third-order valence-corrected chi connectivity index (χ3v) is 3.24. The minimum absolute atomic E-state index is 0.122. The van der Waals surface area contributed by atoms with Gasteiger partial charge in [-0.2, -0.15) is 0 Å². The molecule has 0 amide bonds. The smallest absolute Gasteiger partial charge is 0.122 e. The van der Waals surface area contributed by atoms with Crippen LogP contribution in [0.5, 0.6) is 5.75 Å². The lowest BCUT2D eigenvalue weighted by Gasteiger charge is -2.18. The maximum Gasteiger partial charge on any atom is 0.122 e. The van der Waals surface area contributed by atoms with Crippen molar-refractivity contribution in [2.75, 3.05) is 11.9 Å². The van der Waals surface area contributed by atoms with Crippen molar-refractivity contribution in [3.8, 4) is 5.75 Å². The van der Waals surface area contributed by atoms with Crippen molar-refractivity contribution in [2.45, 2.75) is 33.8 Å². The Morgan fingerprint density at radius 1 is 1.00 bits per heavy atom. The summed E-state index contributed by atoms with van der Waals surface area (Å²) in [5.74, 6) is 0.960. The Morgan fingerprint density at radius 2 is 1.65 bits per heavy atom. The third-order valence-electron chi connectivity index (χ3n) is 3.24. The molecule has 0 aliphatic rings. The molecular weight excluding hydrogens is 246 g/mol. The Hall–Kier alpha value is -1.96. The fourth-order valence-electron chi connectivity index (χ4n) is 2.29. The van der Waals surface area contributed by atoms with Crippen LogP contribution < -0.4 is 10.1 Å². The van der Waals surface area contributed by atoms with Gasteiger partial charge in [0.15, 0.2) is 0 Å². The largest absolute Gasteiger partial charge is 0.489 e. The number of nitrogens with one attached hydrogen (secondary N) is 1. The summed E-state index contributed by atoms with van der Waals surface area (Å²) < 4.78 is 5.96. The van der Waals surface area contributed by atoms with E-state index in [1.54, 1.807) is 0 Å². The van der Waals surface area contributed by atoms with Gasteiger partial charge in [-0.05, 0) is 62.6 Å². The molecule has 1 N–H and O–H groups in total. The predicted molar refractivity (Wildman–Crippen MR) is 85.7 cm³/mol. The third kappa shape index (κ3) is 4.02. The van der Waals surface area contributed by atoms with Crippen molar-refractivity contribution < 1.29 is 4.74 Å². The zero-order valence-electron chi connectivity index (χ0n) is 12.7. The maximum atomic E-state index is 5.96. The molecule has 0 spiro atoms. The van der Waals surface area contributed by atoms with Crippen LogP contribution in [-0.2, 0) is 0 Å². The number of ether oxygens (including phenoxy) is 1. The zero-order chi connectivity index (χ0) is 14.5. The molecular formula is C18H23NO. The Kier molecular flexibility index (Phi) is 4.67. The first kappa shape index (κ1) is 14.4. The second kappa shape index (κ2) is 6.47. The van der Waals surface area contributed by atoms with Crippen LogP contribution in [0.25, 0.3) is 0 Å². The molecule has 20 heavy (non-hydrogen) atoms. The van der Waals surface area contributed by atoms with Gasteiger partial charge in [0, 0.05) is 5.69 Å². The van der Waals surface area contributed by atoms with E-state index >= 15 is 0 Å². The normalized spacial score (nSPS) is 12.0. The Balaban J connectivity index is 1.92. The van der Waals surface area contributed by atoms with Crippen LogP contribution in [0.4, 0.5) is 5.69 Å². The summed E-state index contributed by atoms with van der Waals surface area (Å²) in [6, 6.07) is 14.6. The highest BCUT2D eigenvalue weighted by molar-refractivity contribution is 5.48. The van der Waals surface area contributed by atoms with Crippen LogP contribution in [0.2, 0.25) is 0 Å². The van der Waals surface area contributed by atoms with Gasteiger partial charge in [-0.1, -0.05) is 24.3 Å². The molecule has 0 aliphatic carbocycles. The molecule has 2 aromatic rings. The van der Waals surface area contributed by atoms with E-state index in [0.29, 0.717) is 0 Å². The highest BCUT2D eigenvalue weighted by atomic mass is 16.5. The van der Waals surface area contributed by atoms with Gasteiger partial charge in [0.25, 0.3) is 0 Å². The fourth-order valence-corrected chi connectivity index (χ4v) is 2.29. The molecule has 0 aromatic heterocycles. The molecule has 0 saturated carbocycles. The van der Waals surface area contributed by atoms with Gasteiger partial charge in [-0.25, -0.2) is 0 Å². The molecule has 0 fully saturated rings. The number of anilines is 1. The van der Waals surface area contributed by atoms with Crippen LogP contribution >= 0.6 is 0 Å². The molecule has 1 unspecified atom stereocenters. The van der Waals surface area contributed by atoms with Gasteiger partial charge < -0.3 is 10.1 Å². The molecule has 0 aliphatic heterocycles. The molecule has 2 rings (SSSR count). The van der Waals surface area contributed by atoms with E-state index in [0.717, 1.165) is 18.0 Å². The van der Waals surface area contributed by atoms with Crippen molar-refractivity contribution in [1.82, 2.24) is 0 Å². The number of hydrogen-bond donors (Lipinski definition) is 1. The summed E-state index contributed by atoms with van der Waals surface area (Å²) >= 11 is 0. The van der Waals surface area contributed by atoms with Gasteiger partial charge in [-0.15, -0.1) is 0 Å². The van der Waals surface area contributed by atoms with Crippen molar-refractivity contribution >= 4 is 5.69 Å². The molecule has 0 bridgehead atoms. The number of rotatable bonds is 5. The maximum absolute atomic E-state index is 5.96. The molecule has 1 atom stereocenters. The highest BCUT2D eigenvalue weighted by Gasteiger charge is 2.06. The van der Waals surface area contributed by atoms with Gasteiger partial charge in [0.05, 0.1) is 6.54 Å². The minimum atomic E-state index is 0.122. The number of para-hydroxylation sites is 1. The topological polar surface area (TPSA) is 21.3 Å². The Bertz CT molecular complexity index is 557. The highest BCUT2D eigenvalue weighted by Crippen LogP contribution is 2.18. The Labute approximate surface area is 121 Å². The van der Waals surface area contributed by atoms with E-state index in [1.165, 1.54) is 16.7 Å². The van der Waals surface area contributed by atoms with E-state index in [2.05, 4.69) is 57.3 Å².